The first kappa shape index (κ1) is 9.31. The fourth-order valence-corrected chi connectivity index (χ4v) is 0.944. The molecular formula is C8H8FNO3. The number of methoxy groups -OCH3 is 1. The lowest BCUT2D eigenvalue weighted by molar-refractivity contribution is 0.0688. The highest BCUT2D eigenvalue weighted by Gasteiger charge is 2.18. The molecule has 1 aromatic rings. The monoisotopic (exact) mass is 185 g/mol. The van der Waals surface area contributed by atoms with Crippen LogP contribution in [0.3, 0.4) is 0 Å². The van der Waals surface area contributed by atoms with Gasteiger partial charge < -0.3 is 15.6 Å². The number of hydrogen-bond donors (Lipinski definition) is 2. The number of anilines is 1. The van der Waals surface area contributed by atoms with Gasteiger partial charge in [-0.25, -0.2) is 9.18 Å². The second-order valence-corrected chi connectivity index (χ2v) is 2.35. The van der Waals surface area contributed by atoms with Crippen molar-refractivity contribution in [2.75, 3.05) is 12.8 Å². The third-order valence-corrected chi connectivity index (χ3v) is 1.57. The molecule has 70 valence electrons. The van der Waals surface area contributed by atoms with E-state index in [2.05, 4.69) is 4.74 Å². The first-order valence-corrected chi connectivity index (χ1v) is 3.43. The number of halogens is 1. The number of carboxylic acid groups (broad SMARTS) is 1. The molecule has 0 fully saturated rings. The predicted octanol–water partition coefficient (Wildman–Crippen LogP) is 1.11. The molecule has 0 heterocycles. The van der Waals surface area contributed by atoms with Gasteiger partial charge in [0.1, 0.15) is 11.3 Å². The standard InChI is InChI=1S/C8H8FNO3/c1-13-5-3-2-4(10)7(9)6(5)8(11)12/h2-3H,10H2,1H3,(H,11,12). The fraction of sp³-hybridized carbons (Fsp3) is 0.125. The van der Waals surface area contributed by atoms with Gasteiger partial charge in [0, 0.05) is 0 Å². The average Bonchev–Trinajstić information content (AvgIpc) is 2.08. The number of nitrogens with two attached hydrogens (primary N) is 1. The molecule has 4 nitrogen and oxygen atoms in total. The molecule has 0 aliphatic carbocycles. The van der Waals surface area contributed by atoms with Crippen molar-refractivity contribution in [1.29, 1.82) is 0 Å². The largest absolute Gasteiger partial charge is 0.496 e. The lowest BCUT2D eigenvalue weighted by atomic mass is 10.1. The molecule has 0 unspecified atom stereocenters. The highest BCUT2D eigenvalue weighted by atomic mass is 19.1. The summed E-state index contributed by atoms with van der Waals surface area (Å²) in [6.07, 6.45) is 0. The SMILES string of the molecule is COc1ccc(N)c(F)c1C(=O)O. The first-order valence-electron chi connectivity index (χ1n) is 3.43. The molecule has 0 spiro atoms. The van der Waals surface area contributed by atoms with Gasteiger partial charge in [0.25, 0.3) is 0 Å². The van der Waals surface area contributed by atoms with Gasteiger partial charge in [0.2, 0.25) is 0 Å². The summed E-state index contributed by atoms with van der Waals surface area (Å²) in [5.74, 6) is -2.41. The number of carboxylic acids is 1. The second kappa shape index (κ2) is 3.30. The molecular weight excluding hydrogens is 177 g/mol. The van der Waals surface area contributed by atoms with E-state index in [0.717, 1.165) is 0 Å². The van der Waals surface area contributed by atoms with E-state index in [1.807, 2.05) is 0 Å². The maximum absolute atomic E-state index is 13.1. The highest BCUT2D eigenvalue weighted by molar-refractivity contribution is 5.92. The maximum Gasteiger partial charge on any atom is 0.342 e. The number of aromatic carboxylic acids is 1. The third-order valence-electron chi connectivity index (χ3n) is 1.57. The number of nitrogen functional groups attached to an aromatic ring is 1. The van der Waals surface area contributed by atoms with Crippen molar-refractivity contribution in [2.45, 2.75) is 0 Å². The third kappa shape index (κ3) is 1.53. The molecule has 0 radical (unpaired) electrons. The van der Waals surface area contributed by atoms with Gasteiger partial charge in [0.05, 0.1) is 12.8 Å². The molecule has 0 saturated carbocycles. The van der Waals surface area contributed by atoms with Crippen LogP contribution in [0.5, 0.6) is 5.75 Å². The fourth-order valence-electron chi connectivity index (χ4n) is 0.944. The van der Waals surface area contributed by atoms with Crippen molar-refractivity contribution in [3.8, 4) is 5.75 Å². The molecule has 1 aromatic carbocycles. The Morgan fingerprint density at radius 3 is 2.69 bits per heavy atom. The van der Waals surface area contributed by atoms with Crippen molar-refractivity contribution < 1.29 is 19.0 Å². The van der Waals surface area contributed by atoms with E-state index in [4.69, 9.17) is 10.8 Å². The van der Waals surface area contributed by atoms with Crippen LogP contribution >= 0.6 is 0 Å². The minimum Gasteiger partial charge on any atom is -0.496 e. The Bertz CT molecular complexity index is 351. The van der Waals surface area contributed by atoms with Crippen LogP contribution in [0.15, 0.2) is 12.1 Å². The van der Waals surface area contributed by atoms with Crippen LogP contribution in [0.1, 0.15) is 10.4 Å². The van der Waals surface area contributed by atoms with Crippen LogP contribution in [0.2, 0.25) is 0 Å². The minimum atomic E-state index is -1.40. The molecule has 0 aliphatic rings. The van der Waals surface area contributed by atoms with Gasteiger partial charge in [-0.1, -0.05) is 0 Å². The quantitative estimate of drug-likeness (QED) is 0.677. The average molecular weight is 185 g/mol. The summed E-state index contributed by atoms with van der Waals surface area (Å²) in [7, 11) is 1.26. The lowest BCUT2D eigenvalue weighted by Crippen LogP contribution is -2.06. The van der Waals surface area contributed by atoms with Gasteiger partial charge in [-0.2, -0.15) is 0 Å². The number of hydrogen-bond acceptors (Lipinski definition) is 3. The first-order chi connectivity index (χ1) is 6.07. The Kier molecular flexibility index (Phi) is 2.36. The van der Waals surface area contributed by atoms with Crippen LogP contribution in [-0.2, 0) is 0 Å². The molecule has 0 aromatic heterocycles. The molecule has 0 saturated heterocycles. The summed E-state index contributed by atoms with van der Waals surface area (Å²) in [6, 6.07) is 2.56. The summed E-state index contributed by atoms with van der Waals surface area (Å²) in [5, 5.41) is 8.63. The Labute approximate surface area is 73.7 Å². The zero-order valence-electron chi connectivity index (χ0n) is 6.87. The van der Waals surface area contributed by atoms with Crippen molar-refractivity contribution in [2.24, 2.45) is 0 Å². The minimum absolute atomic E-state index is 0.0424. The second-order valence-electron chi connectivity index (χ2n) is 2.35. The Hall–Kier alpha value is -1.78. The normalized spacial score (nSPS) is 9.69. The van der Waals surface area contributed by atoms with Crippen molar-refractivity contribution in [1.82, 2.24) is 0 Å². The molecule has 0 bridgehead atoms. The summed E-state index contributed by atoms with van der Waals surface area (Å²) >= 11 is 0. The smallest absolute Gasteiger partial charge is 0.342 e. The molecule has 3 N–H and O–H groups in total. The van der Waals surface area contributed by atoms with E-state index in [9.17, 15) is 9.18 Å². The number of benzene rings is 1. The van der Waals surface area contributed by atoms with E-state index in [1.165, 1.54) is 19.2 Å². The van der Waals surface area contributed by atoms with Crippen LogP contribution in [0, 0.1) is 5.82 Å². The molecule has 0 atom stereocenters. The highest BCUT2D eigenvalue weighted by Crippen LogP contribution is 2.25. The number of ether oxygens (including phenoxy) is 1. The van der Waals surface area contributed by atoms with E-state index in [-0.39, 0.29) is 11.4 Å². The zero-order valence-corrected chi connectivity index (χ0v) is 6.87. The Balaban J connectivity index is 3.41. The van der Waals surface area contributed by atoms with Crippen molar-refractivity contribution in [3.05, 3.63) is 23.5 Å². The summed E-state index contributed by atoms with van der Waals surface area (Å²) in [6.45, 7) is 0. The van der Waals surface area contributed by atoms with Crippen LogP contribution in [-0.4, -0.2) is 18.2 Å². The zero-order chi connectivity index (χ0) is 10.0. The van der Waals surface area contributed by atoms with Gasteiger partial charge >= 0.3 is 5.97 Å². The van der Waals surface area contributed by atoms with E-state index >= 15 is 0 Å². The molecule has 1 rings (SSSR count). The topological polar surface area (TPSA) is 72.5 Å². The van der Waals surface area contributed by atoms with E-state index < -0.39 is 17.3 Å². The number of rotatable bonds is 2. The Morgan fingerprint density at radius 1 is 1.62 bits per heavy atom. The molecule has 5 heteroatoms. The van der Waals surface area contributed by atoms with Crippen LogP contribution < -0.4 is 10.5 Å². The maximum atomic E-state index is 13.1. The Morgan fingerprint density at radius 2 is 2.23 bits per heavy atom. The number of carbonyl (C=O) groups is 1. The van der Waals surface area contributed by atoms with Gasteiger partial charge in [-0.3, -0.25) is 0 Å². The van der Waals surface area contributed by atoms with Crippen LogP contribution in [0.4, 0.5) is 10.1 Å². The lowest BCUT2D eigenvalue weighted by Gasteiger charge is -2.06. The molecule has 0 amide bonds. The van der Waals surface area contributed by atoms with E-state index in [0.29, 0.717) is 0 Å². The van der Waals surface area contributed by atoms with E-state index in [1.54, 1.807) is 0 Å². The predicted molar refractivity (Wildman–Crippen MR) is 44.3 cm³/mol. The summed E-state index contributed by atoms with van der Waals surface area (Å²) < 4.78 is 17.8. The molecule has 0 aliphatic heterocycles. The van der Waals surface area contributed by atoms with Crippen LogP contribution in [0.25, 0.3) is 0 Å². The van der Waals surface area contributed by atoms with Crippen molar-refractivity contribution in [3.63, 3.8) is 0 Å². The summed E-state index contributed by atoms with van der Waals surface area (Å²) in [5.41, 5.74) is 4.44. The summed E-state index contributed by atoms with van der Waals surface area (Å²) in [4.78, 5) is 10.6. The molecule has 13 heavy (non-hydrogen) atoms. The van der Waals surface area contributed by atoms with Gasteiger partial charge in [-0.15, -0.1) is 0 Å². The van der Waals surface area contributed by atoms with Gasteiger partial charge in [-0.05, 0) is 12.1 Å². The van der Waals surface area contributed by atoms with Gasteiger partial charge in [0.15, 0.2) is 5.82 Å². The van der Waals surface area contributed by atoms with Crippen molar-refractivity contribution >= 4 is 11.7 Å².